The quantitative estimate of drug-likeness (QED) is 0.530. The summed E-state index contributed by atoms with van der Waals surface area (Å²) < 4.78 is 5.86. The fourth-order valence-corrected chi connectivity index (χ4v) is 2.48. The summed E-state index contributed by atoms with van der Waals surface area (Å²) in [5.41, 5.74) is 3.37. The molecule has 0 saturated carbocycles. The molecule has 2 N–H and O–H groups in total. The summed E-state index contributed by atoms with van der Waals surface area (Å²) in [7, 11) is 0. The number of hydrazone groups is 1. The van der Waals surface area contributed by atoms with E-state index < -0.39 is 0 Å². The van der Waals surface area contributed by atoms with Crippen LogP contribution in [-0.4, -0.2) is 18.7 Å². The molecule has 6 heteroatoms. The van der Waals surface area contributed by atoms with Crippen molar-refractivity contribution < 1.29 is 9.21 Å². The van der Waals surface area contributed by atoms with Gasteiger partial charge in [0.1, 0.15) is 5.76 Å². The molecule has 1 heterocycles. The average molecular weight is 372 g/mol. The van der Waals surface area contributed by atoms with Crippen LogP contribution in [-0.2, 0) is 4.79 Å². The lowest BCUT2D eigenvalue weighted by Crippen LogP contribution is -2.25. The van der Waals surface area contributed by atoms with Gasteiger partial charge in [0.2, 0.25) is 0 Å². The molecule has 5 nitrogen and oxygen atoms in total. The monoisotopic (exact) mass is 371 g/mol. The predicted molar refractivity (Wildman–Crippen MR) is 94.6 cm³/mol. The number of furan rings is 1. The Bertz CT molecular complexity index is 852. The van der Waals surface area contributed by atoms with Crippen LogP contribution in [0.4, 0.5) is 5.69 Å². The highest BCUT2D eigenvalue weighted by atomic mass is 79.9. The van der Waals surface area contributed by atoms with Gasteiger partial charge in [-0.25, -0.2) is 5.43 Å². The normalized spacial score (nSPS) is 11.0. The van der Waals surface area contributed by atoms with Gasteiger partial charge in [-0.1, -0.05) is 36.4 Å². The first-order chi connectivity index (χ1) is 11.2. The average Bonchev–Trinajstić information content (AvgIpc) is 2.98. The molecule has 0 aliphatic rings. The maximum Gasteiger partial charge on any atom is 0.259 e. The predicted octanol–water partition coefficient (Wildman–Crippen LogP) is 3.76. The Morgan fingerprint density at radius 3 is 2.78 bits per heavy atom. The van der Waals surface area contributed by atoms with Crippen molar-refractivity contribution in [2.24, 2.45) is 5.10 Å². The highest BCUT2D eigenvalue weighted by Crippen LogP contribution is 2.22. The highest BCUT2D eigenvalue weighted by Gasteiger charge is 2.03. The van der Waals surface area contributed by atoms with Gasteiger partial charge in [0.25, 0.3) is 5.91 Å². The number of hydrogen-bond acceptors (Lipinski definition) is 4. The third-order valence-corrected chi connectivity index (χ3v) is 3.63. The van der Waals surface area contributed by atoms with Crippen molar-refractivity contribution in [1.82, 2.24) is 5.43 Å². The SMILES string of the molecule is O=C(CNc1cccc2ccccc12)N/N=C/c1ccc(Br)o1. The Labute approximate surface area is 141 Å². The van der Waals surface area contributed by atoms with Gasteiger partial charge in [-0.3, -0.25) is 4.79 Å². The molecule has 0 atom stereocenters. The number of nitrogens with zero attached hydrogens (tertiary/aromatic N) is 1. The van der Waals surface area contributed by atoms with Crippen LogP contribution in [0.15, 0.2) is 68.8 Å². The molecule has 1 aromatic heterocycles. The van der Waals surface area contributed by atoms with E-state index in [0.717, 1.165) is 16.5 Å². The minimum atomic E-state index is -0.236. The number of carbonyl (C=O) groups is 1. The molecule has 2 aromatic carbocycles. The lowest BCUT2D eigenvalue weighted by Gasteiger charge is -2.08. The maximum atomic E-state index is 11.8. The first kappa shape index (κ1) is 15.3. The summed E-state index contributed by atoms with van der Waals surface area (Å²) in [6.45, 7) is 0.132. The van der Waals surface area contributed by atoms with E-state index in [1.54, 1.807) is 12.1 Å². The zero-order valence-corrected chi connectivity index (χ0v) is 13.7. The lowest BCUT2D eigenvalue weighted by atomic mass is 10.1. The van der Waals surface area contributed by atoms with E-state index in [2.05, 4.69) is 31.8 Å². The first-order valence-corrected chi connectivity index (χ1v) is 7.80. The summed E-state index contributed by atoms with van der Waals surface area (Å²) in [6, 6.07) is 17.4. The van der Waals surface area contributed by atoms with E-state index in [1.165, 1.54) is 6.21 Å². The Hall–Kier alpha value is -2.60. The van der Waals surface area contributed by atoms with Crippen LogP contribution in [0.2, 0.25) is 0 Å². The van der Waals surface area contributed by atoms with Crippen molar-refractivity contribution in [2.75, 3.05) is 11.9 Å². The second-order valence-electron chi connectivity index (χ2n) is 4.82. The second-order valence-corrected chi connectivity index (χ2v) is 5.60. The van der Waals surface area contributed by atoms with Crippen LogP contribution >= 0.6 is 15.9 Å². The van der Waals surface area contributed by atoms with Crippen LogP contribution < -0.4 is 10.7 Å². The molecular formula is C17H14BrN3O2. The molecule has 0 fully saturated rings. The number of fused-ring (bicyclic) bond motifs is 1. The van der Waals surface area contributed by atoms with Crippen molar-refractivity contribution in [3.8, 4) is 0 Å². The molecule has 0 aliphatic carbocycles. The third kappa shape index (κ3) is 3.98. The molecule has 3 rings (SSSR count). The van der Waals surface area contributed by atoms with Crippen LogP contribution in [0.5, 0.6) is 0 Å². The molecular weight excluding hydrogens is 358 g/mol. The number of carbonyl (C=O) groups excluding carboxylic acids is 1. The van der Waals surface area contributed by atoms with Crippen molar-refractivity contribution in [1.29, 1.82) is 0 Å². The van der Waals surface area contributed by atoms with Gasteiger partial charge >= 0.3 is 0 Å². The third-order valence-electron chi connectivity index (χ3n) is 3.20. The van der Waals surface area contributed by atoms with Crippen LogP contribution in [0, 0.1) is 0 Å². The summed E-state index contributed by atoms with van der Waals surface area (Å²) in [5, 5.41) is 9.17. The summed E-state index contributed by atoms with van der Waals surface area (Å²) in [6.07, 6.45) is 1.45. The highest BCUT2D eigenvalue weighted by molar-refractivity contribution is 9.10. The van der Waals surface area contributed by atoms with Crippen LogP contribution in [0.1, 0.15) is 5.76 Å². The number of amides is 1. The molecule has 0 saturated heterocycles. The standard InChI is InChI=1S/C17H14BrN3O2/c18-16-9-8-13(23-16)10-20-21-17(22)11-19-15-7-3-5-12-4-1-2-6-14(12)15/h1-10,19H,11H2,(H,21,22)/b20-10+. The molecule has 23 heavy (non-hydrogen) atoms. The van der Waals surface area contributed by atoms with Gasteiger partial charge in [-0.15, -0.1) is 0 Å². The molecule has 0 unspecified atom stereocenters. The van der Waals surface area contributed by atoms with Crippen molar-refractivity contribution >= 4 is 44.5 Å². The molecule has 1 amide bonds. The van der Waals surface area contributed by atoms with Gasteiger partial charge in [0.15, 0.2) is 4.67 Å². The van der Waals surface area contributed by atoms with Gasteiger partial charge in [-0.05, 0) is 39.5 Å². The van der Waals surface area contributed by atoms with E-state index in [1.807, 2.05) is 42.5 Å². The molecule has 0 radical (unpaired) electrons. The first-order valence-electron chi connectivity index (χ1n) is 7.01. The smallest absolute Gasteiger partial charge is 0.259 e. The fraction of sp³-hybridized carbons (Fsp3) is 0.0588. The number of benzene rings is 2. The Kier molecular flexibility index (Phi) is 4.73. The van der Waals surface area contributed by atoms with E-state index in [9.17, 15) is 4.79 Å². The Morgan fingerprint density at radius 2 is 1.96 bits per heavy atom. The Balaban J connectivity index is 1.57. The fourth-order valence-electron chi connectivity index (χ4n) is 2.16. The molecule has 0 spiro atoms. The summed E-state index contributed by atoms with van der Waals surface area (Å²) in [5.74, 6) is 0.319. The number of halogens is 1. The van der Waals surface area contributed by atoms with Gasteiger partial charge in [0.05, 0.1) is 12.8 Å². The maximum absolute atomic E-state index is 11.8. The molecule has 0 bridgehead atoms. The van der Waals surface area contributed by atoms with Crippen molar-refractivity contribution in [3.05, 3.63) is 65.0 Å². The number of nitrogens with one attached hydrogen (secondary N) is 2. The summed E-state index contributed by atoms with van der Waals surface area (Å²) >= 11 is 3.20. The van der Waals surface area contributed by atoms with Crippen LogP contribution in [0.3, 0.4) is 0 Å². The van der Waals surface area contributed by atoms with Crippen molar-refractivity contribution in [3.63, 3.8) is 0 Å². The summed E-state index contributed by atoms with van der Waals surface area (Å²) in [4.78, 5) is 11.8. The van der Waals surface area contributed by atoms with Gasteiger partial charge in [-0.2, -0.15) is 5.10 Å². The number of hydrogen-bond donors (Lipinski definition) is 2. The van der Waals surface area contributed by atoms with E-state index in [-0.39, 0.29) is 12.5 Å². The number of anilines is 1. The van der Waals surface area contributed by atoms with Gasteiger partial charge < -0.3 is 9.73 Å². The van der Waals surface area contributed by atoms with E-state index in [0.29, 0.717) is 10.4 Å². The molecule has 3 aromatic rings. The lowest BCUT2D eigenvalue weighted by molar-refractivity contribution is -0.119. The minimum Gasteiger partial charge on any atom is -0.448 e. The van der Waals surface area contributed by atoms with E-state index in [4.69, 9.17) is 4.42 Å². The van der Waals surface area contributed by atoms with E-state index >= 15 is 0 Å². The zero-order chi connectivity index (χ0) is 16.1. The topological polar surface area (TPSA) is 66.6 Å². The number of rotatable bonds is 5. The molecule has 0 aliphatic heterocycles. The largest absolute Gasteiger partial charge is 0.448 e. The van der Waals surface area contributed by atoms with Crippen LogP contribution in [0.25, 0.3) is 10.8 Å². The molecule has 116 valence electrons. The van der Waals surface area contributed by atoms with Gasteiger partial charge in [0, 0.05) is 11.1 Å². The second kappa shape index (κ2) is 7.11. The Morgan fingerprint density at radius 1 is 1.13 bits per heavy atom. The zero-order valence-electron chi connectivity index (χ0n) is 12.1. The van der Waals surface area contributed by atoms with Crippen molar-refractivity contribution in [2.45, 2.75) is 0 Å². The minimum absolute atomic E-state index is 0.132.